The van der Waals surface area contributed by atoms with Crippen molar-refractivity contribution in [1.29, 1.82) is 0 Å². The number of hydrogen-bond donors (Lipinski definition) is 2. The molecule has 0 aliphatic heterocycles. The predicted octanol–water partition coefficient (Wildman–Crippen LogP) is 4.00. The summed E-state index contributed by atoms with van der Waals surface area (Å²) < 4.78 is 0. The van der Waals surface area contributed by atoms with Crippen LogP contribution in [0.3, 0.4) is 0 Å². The Balaban J connectivity index is 2.02. The molecule has 0 bridgehead atoms. The molecule has 1 amide bonds. The van der Waals surface area contributed by atoms with Crippen LogP contribution >= 0.6 is 0 Å². The van der Waals surface area contributed by atoms with Gasteiger partial charge < -0.3 is 5.32 Å². The van der Waals surface area contributed by atoms with Gasteiger partial charge in [0.2, 0.25) is 5.91 Å². The molecular weight excluding hydrogens is 272 g/mol. The first-order chi connectivity index (χ1) is 10.6. The predicted molar refractivity (Wildman–Crippen MR) is 91.7 cm³/mol. The highest BCUT2D eigenvalue weighted by atomic mass is 16.2. The van der Waals surface area contributed by atoms with Crippen LogP contribution in [0.25, 0.3) is 0 Å². The Morgan fingerprint density at radius 3 is 1.95 bits per heavy atom. The SMILES string of the molecule is CC(C)[C@@H](N[C@H](C)C(=O)Nc1ccccc1)c1ccccc1. The maximum absolute atomic E-state index is 12.3. The molecule has 0 aromatic heterocycles. The largest absolute Gasteiger partial charge is 0.325 e. The second kappa shape index (κ2) is 7.76. The first-order valence-corrected chi connectivity index (χ1v) is 7.75. The lowest BCUT2D eigenvalue weighted by atomic mass is 9.95. The van der Waals surface area contributed by atoms with Crippen molar-refractivity contribution in [3.8, 4) is 0 Å². The molecule has 116 valence electrons. The van der Waals surface area contributed by atoms with Crippen molar-refractivity contribution in [2.45, 2.75) is 32.9 Å². The van der Waals surface area contributed by atoms with E-state index >= 15 is 0 Å². The molecule has 22 heavy (non-hydrogen) atoms. The second-order valence-electron chi connectivity index (χ2n) is 5.88. The Morgan fingerprint density at radius 1 is 0.864 bits per heavy atom. The topological polar surface area (TPSA) is 41.1 Å². The van der Waals surface area contributed by atoms with Crippen molar-refractivity contribution in [2.75, 3.05) is 5.32 Å². The number of nitrogens with one attached hydrogen (secondary N) is 2. The highest BCUT2D eigenvalue weighted by Gasteiger charge is 2.21. The van der Waals surface area contributed by atoms with Gasteiger partial charge in [0, 0.05) is 11.7 Å². The number of rotatable bonds is 6. The van der Waals surface area contributed by atoms with Gasteiger partial charge in [-0.1, -0.05) is 62.4 Å². The fourth-order valence-electron chi connectivity index (χ4n) is 2.45. The van der Waals surface area contributed by atoms with Crippen molar-refractivity contribution in [1.82, 2.24) is 5.32 Å². The van der Waals surface area contributed by atoms with Crippen LogP contribution in [0.5, 0.6) is 0 Å². The van der Waals surface area contributed by atoms with Crippen molar-refractivity contribution in [2.24, 2.45) is 5.92 Å². The van der Waals surface area contributed by atoms with Crippen LogP contribution in [0.2, 0.25) is 0 Å². The molecule has 0 spiro atoms. The fourth-order valence-corrected chi connectivity index (χ4v) is 2.45. The first kappa shape index (κ1) is 16.2. The van der Waals surface area contributed by atoms with Crippen LogP contribution in [0.15, 0.2) is 60.7 Å². The van der Waals surface area contributed by atoms with Crippen LogP contribution < -0.4 is 10.6 Å². The van der Waals surface area contributed by atoms with Crippen molar-refractivity contribution < 1.29 is 4.79 Å². The minimum Gasteiger partial charge on any atom is -0.325 e. The Morgan fingerprint density at radius 2 is 1.41 bits per heavy atom. The average Bonchev–Trinajstić information content (AvgIpc) is 2.53. The maximum Gasteiger partial charge on any atom is 0.241 e. The molecule has 2 aromatic carbocycles. The van der Waals surface area contributed by atoms with Gasteiger partial charge in [0.1, 0.15) is 0 Å². The summed E-state index contributed by atoms with van der Waals surface area (Å²) in [4.78, 5) is 12.3. The lowest BCUT2D eigenvalue weighted by molar-refractivity contribution is -0.118. The normalized spacial score (nSPS) is 13.6. The smallest absolute Gasteiger partial charge is 0.241 e. The van der Waals surface area contributed by atoms with E-state index in [1.54, 1.807) is 0 Å². The van der Waals surface area contributed by atoms with Gasteiger partial charge in [0.15, 0.2) is 0 Å². The minimum absolute atomic E-state index is 0.0206. The van der Waals surface area contributed by atoms with Crippen molar-refractivity contribution >= 4 is 11.6 Å². The molecule has 0 aliphatic carbocycles. The molecule has 0 saturated heterocycles. The van der Waals surface area contributed by atoms with E-state index in [1.165, 1.54) is 5.56 Å². The third-order valence-corrected chi connectivity index (χ3v) is 3.69. The molecule has 2 N–H and O–H groups in total. The summed E-state index contributed by atoms with van der Waals surface area (Å²) in [5.41, 5.74) is 2.03. The van der Waals surface area contributed by atoms with Gasteiger partial charge in [-0.2, -0.15) is 0 Å². The molecule has 0 aliphatic rings. The molecule has 2 atom stereocenters. The van der Waals surface area contributed by atoms with Crippen molar-refractivity contribution in [3.63, 3.8) is 0 Å². The van der Waals surface area contributed by atoms with E-state index in [1.807, 2.05) is 55.5 Å². The second-order valence-corrected chi connectivity index (χ2v) is 5.88. The zero-order valence-corrected chi connectivity index (χ0v) is 13.4. The molecule has 0 saturated carbocycles. The molecule has 2 rings (SSSR count). The van der Waals surface area contributed by atoms with Crippen molar-refractivity contribution in [3.05, 3.63) is 66.2 Å². The number of benzene rings is 2. The summed E-state index contributed by atoms with van der Waals surface area (Å²) in [5, 5.41) is 6.38. The van der Waals surface area contributed by atoms with Gasteiger partial charge in [-0.25, -0.2) is 0 Å². The van der Waals surface area contributed by atoms with E-state index in [-0.39, 0.29) is 18.0 Å². The quantitative estimate of drug-likeness (QED) is 0.846. The lowest BCUT2D eigenvalue weighted by Gasteiger charge is -2.26. The van der Waals surface area contributed by atoms with Crippen LogP contribution in [-0.4, -0.2) is 11.9 Å². The van der Waals surface area contributed by atoms with Crippen LogP contribution in [0, 0.1) is 5.92 Å². The van der Waals surface area contributed by atoms with E-state index < -0.39 is 0 Å². The highest BCUT2D eigenvalue weighted by molar-refractivity contribution is 5.94. The number of hydrogen-bond acceptors (Lipinski definition) is 2. The maximum atomic E-state index is 12.3. The summed E-state index contributed by atoms with van der Waals surface area (Å²) in [6.45, 7) is 6.22. The molecule has 0 fully saturated rings. The summed E-state index contributed by atoms with van der Waals surface area (Å²) in [6.07, 6.45) is 0. The summed E-state index contributed by atoms with van der Waals surface area (Å²) in [6, 6.07) is 19.7. The zero-order chi connectivity index (χ0) is 15.9. The summed E-state index contributed by atoms with van der Waals surface area (Å²) in [5.74, 6) is 0.377. The fraction of sp³-hybridized carbons (Fsp3) is 0.316. The monoisotopic (exact) mass is 296 g/mol. The number of para-hydroxylation sites is 1. The molecule has 0 heterocycles. The van der Waals surface area contributed by atoms with Gasteiger partial charge in [-0.3, -0.25) is 10.1 Å². The van der Waals surface area contributed by atoms with Crippen LogP contribution in [0.4, 0.5) is 5.69 Å². The third kappa shape index (κ3) is 4.43. The van der Waals surface area contributed by atoms with E-state index in [0.717, 1.165) is 5.69 Å². The lowest BCUT2D eigenvalue weighted by Crippen LogP contribution is -2.41. The number of carbonyl (C=O) groups excluding carboxylic acids is 1. The van der Waals surface area contributed by atoms with E-state index in [0.29, 0.717) is 5.92 Å². The van der Waals surface area contributed by atoms with Crippen LogP contribution in [-0.2, 0) is 4.79 Å². The Kier molecular flexibility index (Phi) is 5.73. The zero-order valence-electron chi connectivity index (χ0n) is 13.4. The number of anilines is 1. The minimum atomic E-state index is -0.271. The Bertz CT molecular complexity index is 581. The Hall–Kier alpha value is -2.13. The summed E-state index contributed by atoms with van der Waals surface area (Å²) >= 11 is 0. The van der Waals surface area contributed by atoms with E-state index in [9.17, 15) is 4.79 Å². The number of amides is 1. The van der Waals surface area contributed by atoms with Crippen LogP contribution in [0.1, 0.15) is 32.4 Å². The molecule has 0 radical (unpaired) electrons. The average molecular weight is 296 g/mol. The molecule has 3 nitrogen and oxygen atoms in total. The standard InChI is InChI=1S/C19H24N2O/c1-14(2)18(16-10-6-4-7-11-16)20-15(3)19(22)21-17-12-8-5-9-13-17/h4-15,18,20H,1-3H3,(H,21,22)/t15-,18-/m1/s1. The first-order valence-electron chi connectivity index (χ1n) is 7.75. The third-order valence-electron chi connectivity index (χ3n) is 3.69. The molecule has 3 heteroatoms. The molecule has 0 unspecified atom stereocenters. The van der Waals surface area contributed by atoms with Gasteiger partial charge in [-0.05, 0) is 30.5 Å². The highest BCUT2D eigenvalue weighted by Crippen LogP contribution is 2.22. The van der Waals surface area contributed by atoms with Gasteiger partial charge >= 0.3 is 0 Å². The van der Waals surface area contributed by atoms with E-state index in [2.05, 4.69) is 36.6 Å². The van der Waals surface area contributed by atoms with E-state index in [4.69, 9.17) is 0 Å². The van der Waals surface area contributed by atoms with Gasteiger partial charge in [0.25, 0.3) is 0 Å². The Labute approximate surface area is 132 Å². The van der Waals surface area contributed by atoms with Gasteiger partial charge in [-0.15, -0.1) is 0 Å². The number of carbonyl (C=O) groups is 1. The van der Waals surface area contributed by atoms with Gasteiger partial charge in [0.05, 0.1) is 6.04 Å². The summed E-state index contributed by atoms with van der Waals surface area (Å²) in [7, 11) is 0. The molecular formula is C19H24N2O. The molecule has 2 aromatic rings.